The van der Waals surface area contributed by atoms with Crippen molar-refractivity contribution in [3.8, 4) is 0 Å². The maximum atomic E-state index is 8.99. The number of rotatable bonds is 22. The highest BCUT2D eigenvalue weighted by atomic mass is 16.3. The van der Waals surface area contributed by atoms with E-state index in [0.717, 1.165) is 0 Å². The van der Waals surface area contributed by atoms with E-state index in [-0.39, 0.29) is 0 Å². The second-order valence-electron chi connectivity index (χ2n) is 8.79. The normalized spacial score (nSPS) is 12.6. The van der Waals surface area contributed by atoms with Crippen molar-refractivity contribution < 1.29 is 5.11 Å². The van der Waals surface area contributed by atoms with E-state index in [1.54, 1.807) is 0 Å². The van der Waals surface area contributed by atoms with Crippen molar-refractivity contribution in [3.05, 3.63) is 0 Å². The van der Waals surface area contributed by atoms with E-state index in [9.17, 15) is 0 Å². The van der Waals surface area contributed by atoms with Crippen LogP contribution in [0.1, 0.15) is 149 Å². The van der Waals surface area contributed by atoms with Gasteiger partial charge in [0.15, 0.2) is 0 Å². The Morgan fingerprint density at radius 3 is 1.00 bits per heavy atom. The molecule has 0 saturated heterocycles. The third-order valence-corrected chi connectivity index (χ3v) is 5.86. The molecule has 0 aliphatic carbocycles. The molecule has 0 radical (unpaired) electrons. The SMILES string of the molecule is CCCCCCCCCCCCCCCCCCCCCC[C@@H](C)CO. The lowest BCUT2D eigenvalue weighted by atomic mass is 10.0. The molecule has 158 valence electrons. The molecule has 1 heteroatoms. The summed E-state index contributed by atoms with van der Waals surface area (Å²) in [7, 11) is 0. The summed E-state index contributed by atoms with van der Waals surface area (Å²) >= 11 is 0. The van der Waals surface area contributed by atoms with Crippen LogP contribution in [-0.4, -0.2) is 11.7 Å². The van der Waals surface area contributed by atoms with Gasteiger partial charge in [-0.1, -0.05) is 142 Å². The van der Waals surface area contributed by atoms with Gasteiger partial charge in [-0.15, -0.1) is 0 Å². The van der Waals surface area contributed by atoms with E-state index >= 15 is 0 Å². The van der Waals surface area contributed by atoms with Gasteiger partial charge in [-0.25, -0.2) is 0 Å². The van der Waals surface area contributed by atoms with Gasteiger partial charge in [-0.3, -0.25) is 0 Å². The first-order valence-electron chi connectivity index (χ1n) is 12.4. The van der Waals surface area contributed by atoms with Crippen molar-refractivity contribution in [2.75, 3.05) is 6.61 Å². The molecule has 26 heavy (non-hydrogen) atoms. The van der Waals surface area contributed by atoms with Crippen LogP contribution in [0.25, 0.3) is 0 Å². The van der Waals surface area contributed by atoms with E-state index in [2.05, 4.69) is 13.8 Å². The van der Waals surface area contributed by atoms with Gasteiger partial charge >= 0.3 is 0 Å². The molecule has 0 aliphatic rings. The summed E-state index contributed by atoms with van der Waals surface area (Å²) < 4.78 is 0. The van der Waals surface area contributed by atoms with Gasteiger partial charge in [0.2, 0.25) is 0 Å². The average molecular weight is 369 g/mol. The zero-order valence-electron chi connectivity index (χ0n) is 18.6. The predicted molar refractivity (Wildman–Crippen MR) is 119 cm³/mol. The van der Waals surface area contributed by atoms with E-state index in [4.69, 9.17) is 5.11 Å². The molecule has 0 amide bonds. The third kappa shape index (κ3) is 22.0. The highest BCUT2D eigenvalue weighted by Crippen LogP contribution is 2.15. The molecule has 0 aromatic heterocycles. The second kappa shape index (κ2) is 23.0. The molecule has 0 heterocycles. The summed E-state index contributed by atoms with van der Waals surface area (Å²) in [6.07, 6.45) is 30.0. The van der Waals surface area contributed by atoms with Gasteiger partial charge in [0, 0.05) is 6.61 Å². The third-order valence-electron chi connectivity index (χ3n) is 5.86. The molecule has 0 spiro atoms. The van der Waals surface area contributed by atoms with Gasteiger partial charge < -0.3 is 5.11 Å². The minimum atomic E-state index is 0.360. The lowest BCUT2D eigenvalue weighted by Gasteiger charge is -2.07. The lowest BCUT2D eigenvalue weighted by Crippen LogP contribution is -1.99. The summed E-state index contributed by atoms with van der Waals surface area (Å²) in [4.78, 5) is 0. The Morgan fingerprint density at radius 2 is 0.731 bits per heavy atom. The summed E-state index contributed by atoms with van der Waals surface area (Å²) in [5.74, 6) is 0.505. The van der Waals surface area contributed by atoms with Crippen LogP contribution >= 0.6 is 0 Å². The number of hydrogen-bond donors (Lipinski definition) is 1. The standard InChI is InChI=1S/C25H52O/c1-3-4-5-6-7-8-9-10-11-12-13-14-15-16-17-18-19-20-21-22-23-25(2)24-26/h25-26H,3-24H2,1-2H3/t25-/m1/s1. The van der Waals surface area contributed by atoms with Gasteiger partial charge in [-0.2, -0.15) is 0 Å². The van der Waals surface area contributed by atoms with Crippen molar-refractivity contribution in [1.82, 2.24) is 0 Å². The monoisotopic (exact) mass is 368 g/mol. The lowest BCUT2D eigenvalue weighted by molar-refractivity contribution is 0.227. The molecule has 0 aliphatic heterocycles. The number of unbranched alkanes of at least 4 members (excludes halogenated alkanes) is 19. The molecule has 0 unspecified atom stereocenters. The molecule has 0 saturated carbocycles. The van der Waals surface area contributed by atoms with Crippen LogP contribution in [0.4, 0.5) is 0 Å². The van der Waals surface area contributed by atoms with Gasteiger partial charge in [0.1, 0.15) is 0 Å². The summed E-state index contributed by atoms with van der Waals surface area (Å²) in [5.41, 5.74) is 0. The van der Waals surface area contributed by atoms with E-state index in [1.165, 1.54) is 135 Å². The summed E-state index contributed by atoms with van der Waals surface area (Å²) in [6, 6.07) is 0. The van der Waals surface area contributed by atoms with E-state index < -0.39 is 0 Å². The van der Waals surface area contributed by atoms with Gasteiger partial charge in [0.05, 0.1) is 0 Å². The Labute approximate surface area is 166 Å². The maximum absolute atomic E-state index is 8.99. The molecule has 0 rings (SSSR count). The van der Waals surface area contributed by atoms with Crippen molar-refractivity contribution in [1.29, 1.82) is 0 Å². The van der Waals surface area contributed by atoms with E-state index in [1.807, 2.05) is 0 Å². The molecular weight excluding hydrogens is 316 g/mol. The molecule has 0 aromatic carbocycles. The Hall–Kier alpha value is -0.0400. The molecule has 1 N–H and O–H groups in total. The Kier molecular flexibility index (Phi) is 23.0. The fraction of sp³-hybridized carbons (Fsp3) is 1.00. The minimum Gasteiger partial charge on any atom is -0.396 e. The van der Waals surface area contributed by atoms with Gasteiger partial charge in [0.25, 0.3) is 0 Å². The largest absolute Gasteiger partial charge is 0.396 e. The quantitative estimate of drug-likeness (QED) is 0.189. The second-order valence-corrected chi connectivity index (χ2v) is 8.79. The summed E-state index contributed by atoms with van der Waals surface area (Å²) in [6.45, 7) is 4.80. The number of hydrogen-bond acceptors (Lipinski definition) is 1. The first-order valence-corrected chi connectivity index (χ1v) is 12.4. The van der Waals surface area contributed by atoms with Crippen molar-refractivity contribution >= 4 is 0 Å². The Bertz CT molecular complexity index is 238. The Morgan fingerprint density at radius 1 is 0.462 bits per heavy atom. The highest BCUT2D eigenvalue weighted by molar-refractivity contribution is 4.53. The van der Waals surface area contributed by atoms with Gasteiger partial charge in [-0.05, 0) is 12.3 Å². The van der Waals surface area contributed by atoms with E-state index in [0.29, 0.717) is 12.5 Å². The summed E-state index contributed by atoms with van der Waals surface area (Å²) in [5, 5.41) is 8.99. The zero-order valence-corrected chi connectivity index (χ0v) is 18.6. The molecule has 0 aromatic rings. The predicted octanol–water partition coefficient (Wildman–Crippen LogP) is 8.83. The molecule has 0 bridgehead atoms. The first kappa shape index (κ1) is 26.0. The smallest absolute Gasteiger partial charge is 0.0456 e. The average Bonchev–Trinajstić information content (AvgIpc) is 2.66. The molecule has 1 nitrogen and oxygen atoms in total. The van der Waals surface area contributed by atoms with Crippen LogP contribution in [0.15, 0.2) is 0 Å². The topological polar surface area (TPSA) is 20.2 Å². The van der Waals surface area contributed by atoms with Crippen LogP contribution in [-0.2, 0) is 0 Å². The highest BCUT2D eigenvalue weighted by Gasteiger charge is 1.99. The number of aliphatic hydroxyl groups excluding tert-OH is 1. The van der Waals surface area contributed by atoms with Crippen LogP contribution < -0.4 is 0 Å². The maximum Gasteiger partial charge on any atom is 0.0456 e. The zero-order chi connectivity index (χ0) is 19.1. The minimum absolute atomic E-state index is 0.360. The molecule has 0 fully saturated rings. The van der Waals surface area contributed by atoms with Crippen molar-refractivity contribution in [2.45, 2.75) is 149 Å². The van der Waals surface area contributed by atoms with Crippen LogP contribution in [0.3, 0.4) is 0 Å². The van der Waals surface area contributed by atoms with Crippen LogP contribution in [0.2, 0.25) is 0 Å². The van der Waals surface area contributed by atoms with Crippen molar-refractivity contribution in [2.24, 2.45) is 5.92 Å². The molecular formula is C25H52O. The van der Waals surface area contributed by atoms with Crippen LogP contribution in [0, 0.1) is 5.92 Å². The first-order chi connectivity index (χ1) is 12.8. The Balaban J connectivity index is 2.99. The van der Waals surface area contributed by atoms with Crippen LogP contribution in [0.5, 0.6) is 0 Å². The molecule has 1 atom stereocenters. The fourth-order valence-electron chi connectivity index (χ4n) is 3.84. The van der Waals surface area contributed by atoms with Crippen molar-refractivity contribution in [3.63, 3.8) is 0 Å². The number of aliphatic hydroxyl groups is 1. The fourth-order valence-corrected chi connectivity index (χ4v) is 3.84.